The van der Waals surface area contributed by atoms with Crippen molar-refractivity contribution in [2.75, 3.05) is 43.8 Å². The van der Waals surface area contributed by atoms with Crippen LogP contribution in [0.25, 0.3) is 10.9 Å². The van der Waals surface area contributed by atoms with Crippen molar-refractivity contribution in [3.05, 3.63) is 48.4 Å². The molecular weight excluding hydrogens is 521 g/mol. The Balaban J connectivity index is 1.45. The van der Waals surface area contributed by atoms with Crippen LogP contribution in [0.3, 0.4) is 0 Å². The molecule has 4 rings (SSSR count). The van der Waals surface area contributed by atoms with Crippen LogP contribution >= 0.6 is 0 Å². The zero-order chi connectivity index (χ0) is 27.8. The smallest absolute Gasteiger partial charge is 0.232 e. The molecule has 1 N–H and O–H groups in total. The molecule has 1 aliphatic rings. The van der Waals surface area contributed by atoms with Crippen molar-refractivity contribution in [2.24, 2.45) is 5.92 Å². The van der Waals surface area contributed by atoms with Crippen LogP contribution in [0.15, 0.2) is 42.6 Å². The van der Waals surface area contributed by atoms with Crippen LogP contribution in [-0.2, 0) is 10.0 Å². The van der Waals surface area contributed by atoms with Gasteiger partial charge in [-0.25, -0.2) is 12.8 Å². The molecule has 10 heteroatoms. The Bertz CT molecular complexity index is 1370. The average Bonchev–Trinajstić information content (AvgIpc) is 2.91. The highest BCUT2D eigenvalue weighted by Crippen LogP contribution is 2.38. The van der Waals surface area contributed by atoms with E-state index in [0.717, 1.165) is 44.5 Å². The zero-order valence-corrected chi connectivity index (χ0v) is 23.7. The first-order valence-corrected chi connectivity index (χ1v) is 15.2. The van der Waals surface area contributed by atoms with E-state index in [2.05, 4.69) is 21.5 Å². The van der Waals surface area contributed by atoms with Gasteiger partial charge in [-0.1, -0.05) is 20.3 Å². The number of unbranched alkanes of at least 4 members (excludes halogenated alkanes) is 1. The number of anilines is 1. The third-order valence-corrected chi connectivity index (χ3v) is 8.17. The Morgan fingerprint density at radius 3 is 2.69 bits per heavy atom. The van der Waals surface area contributed by atoms with Gasteiger partial charge in [-0.2, -0.15) is 0 Å². The van der Waals surface area contributed by atoms with Crippen LogP contribution in [-0.4, -0.2) is 57.4 Å². The molecule has 212 valence electrons. The van der Waals surface area contributed by atoms with Gasteiger partial charge in [-0.3, -0.25) is 9.71 Å². The van der Waals surface area contributed by atoms with Crippen LogP contribution in [0.5, 0.6) is 23.0 Å². The largest absolute Gasteiger partial charge is 0.493 e. The van der Waals surface area contributed by atoms with Gasteiger partial charge in [0, 0.05) is 36.8 Å². The van der Waals surface area contributed by atoms with Crippen LogP contribution in [0.4, 0.5) is 10.1 Å². The molecule has 39 heavy (non-hydrogen) atoms. The van der Waals surface area contributed by atoms with Crippen molar-refractivity contribution in [3.63, 3.8) is 0 Å². The fraction of sp³-hybridized carbons (Fsp3) is 0.483. The number of rotatable bonds is 13. The Morgan fingerprint density at radius 2 is 1.95 bits per heavy atom. The number of fused-ring (bicyclic) bond motifs is 1. The number of sulfonamides is 1. The summed E-state index contributed by atoms with van der Waals surface area (Å²) in [6, 6.07) is 9.20. The number of pyridine rings is 1. The Morgan fingerprint density at radius 1 is 1.10 bits per heavy atom. The summed E-state index contributed by atoms with van der Waals surface area (Å²) in [5, 5.41) is 0.632. The summed E-state index contributed by atoms with van der Waals surface area (Å²) >= 11 is 0. The topological polar surface area (TPSA) is 90.0 Å². The van der Waals surface area contributed by atoms with E-state index in [-0.39, 0.29) is 17.2 Å². The molecule has 1 fully saturated rings. The molecule has 1 unspecified atom stereocenters. The lowest BCUT2D eigenvalue weighted by molar-refractivity contribution is 0.169. The van der Waals surface area contributed by atoms with E-state index in [0.29, 0.717) is 41.2 Å². The van der Waals surface area contributed by atoms with Crippen LogP contribution in [0.2, 0.25) is 0 Å². The Labute approximate surface area is 230 Å². The Kier molecular flexibility index (Phi) is 9.85. The van der Waals surface area contributed by atoms with Crippen molar-refractivity contribution in [2.45, 2.75) is 46.0 Å². The first-order chi connectivity index (χ1) is 18.8. The van der Waals surface area contributed by atoms with E-state index < -0.39 is 15.8 Å². The Hall–Kier alpha value is -3.11. The third kappa shape index (κ3) is 7.95. The fourth-order valence-corrected chi connectivity index (χ4v) is 6.04. The zero-order valence-electron chi connectivity index (χ0n) is 22.9. The molecule has 0 saturated carbocycles. The normalized spacial score (nSPS) is 16.3. The summed E-state index contributed by atoms with van der Waals surface area (Å²) in [5.41, 5.74) is 0.766. The second kappa shape index (κ2) is 13.3. The lowest BCUT2D eigenvalue weighted by Crippen LogP contribution is -2.35. The summed E-state index contributed by atoms with van der Waals surface area (Å²) in [6.45, 7) is 8.06. The van der Waals surface area contributed by atoms with Crippen molar-refractivity contribution in [1.29, 1.82) is 0 Å². The van der Waals surface area contributed by atoms with E-state index in [4.69, 9.17) is 14.2 Å². The highest BCUT2D eigenvalue weighted by Gasteiger charge is 2.17. The number of hydrogen-bond donors (Lipinski definition) is 1. The number of hydrogen-bond acceptors (Lipinski definition) is 7. The highest BCUT2D eigenvalue weighted by molar-refractivity contribution is 7.92. The second-order valence-electron chi connectivity index (χ2n) is 10.1. The van der Waals surface area contributed by atoms with Crippen molar-refractivity contribution >= 4 is 26.6 Å². The number of piperidine rings is 1. The fourth-order valence-electron chi connectivity index (χ4n) is 4.78. The number of halogens is 1. The van der Waals surface area contributed by atoms with Gasteiger partial charge >= 0.3 is 0 Å². The number of methoxy groups -OCH3 is 1. The van der Waals surface area contributed by atoms with E-state index in [1.807, 2.05) is 6.92 Å². The van der Waals surface area contributed by atoms with Gasteiger partial charge in [0.25, 0.3) is 0 Å². The van der Waals surface area contributed by atoms with Crippen molar-refractivity contribution in [1.82, 2.24) is 9.88 Å². The summed E-state index contributed by atoms with van der Waals surface area (Å²) < 4.78 is 59.1. The first kappa shape index (κ1) is 28.9. The van der Waals surface area contributed by atoms with Gasteiger partial charge in [0.1, 0.15) is 5.75 Å². The molecule has 8 nitrogen and oxygen atoms in total. The molecule has 0 aliphatic carbocycles. The lowest BCUT2D eigenvalue weighted by atomic mass is 10.0. The number of nitrogens with zero attached hydrogens (tertiary/aromatic N) is 2. The molecule has 0 spiro atoms. The van der Waals surface area contributed by atoms with E-state index in [1.54, 1.807) is 31.5 Å². The second-order valence-corrected chi connectivity index (χ2v) is 11.9. The number of nitrogens with one attached hydrogen (secondary N) is 1. The summed E-state index contributed by atoms with van der Waals surface area (Å²) in [4.78, 5) is 6.93. The van der Waals surface area contributed by atoms with Crippen LogP contribution < -0.4 is 18.9 Å². The van der Waals surface area contributed by atoms with E-state index in [1.165, 1.54) is 25.0 Å². The standard InChI is InChI=1S/C29H38FN3O5S/c1-4-5-16-39(34,35)32-22-9-10-27(24(30)17-22)38-26-11-12-31-25-19-29(28(36-3)18-23(25)26)37-15-7-14-33-13-6-8-21(2)20-33/h9-12,17-19,21,32H,4-8,13-16,20H2,1-3H3. The number of likely N-dealkylation sites (tertiary alicyclic amines) is 1. The molecule has 0 bridgehead atoms. The van der Waals surface area contributed by atoms with Crippen molar-refractivity contribution in [3.8, 4) is 23.0 Å². The number of aromatic nitrogens is 1. The van der Waals surface area contributed by atoms with E-state index in [9.17, 15) is 12.8 Å². The van der Waals surface area contributed by atoms with E-state index >= 15 is 0 Å². The number of benzene rings is 2. The molecule has 0 radical (unpaired) electrons. The van der Waals surface area contributed by atoms with Gasteiger partial charge in [0.05, 0.1) is 30.7 Å². The maximum absolute atomic E-state index is 14.9. The molecule has 1 aliphatic heterocycles. The van der Waals surface area contributed by atoms with Crippen LogP contribution in [0.1, 0.15) is 46.0 Å². The molecule has 2 aromatic carbocycles. The van der Waals surface area contributed by atoms with Gasteiger partial charge in [-0.05, 0) is 62.4 Å². The lowest BCUT2D eigenvalue weighted by Gasteiger charge is -2.30. The molecule has 2 heterocycles. The highest BCUT2D eigenvalue weighted by atomic mass is 32.2. The third-order valence-electron chi connectivity index (χ3n) is 6.80. The molecule has 1 saturated heterocycles. The minimum Gasteiger partial charge on any atom is -0.493 e. The number of ether oxygens (including phenoxy) is 3. The predicted octanol–water partition coefficient (Wildman–Crippen LogP) is 6.22. The van der Waals surface area contributed by atoms with Gasteiger partial charge < -0.3 is 19.1 Å². The predicted molar refractivity (Wildman–Crippen MR) is 152 cm³/mol. The molecule has 0 amide bonds. The monoisotopic (exact) mass is 559 g/mol. The van der Waals surface area contributed by atoms with Gasteiger partial charge in [0.2, 0.25) is 10.0 Å². The average molecular weight is 560 g/mol. The maximum atomic E-state index is 14.9. The quantitative estimate of drug-likeness (QED) is 0.249. The summed E-state index contributed by atoms with van der Waals surface area (Å²) in [5.74, 6) is 1.52. The first-order valence-electron chi connectivity index (χ1n) is 13.6. The molecule has 3 aromatic rings. The van der Waals surface area contributed by atoms with Gasteiger partial charge in [-0.15, -0.1) is 0 Å². The molecule has 1 aromatic heterocycles. The van der Waals surface area contributed by atoms with Crippen molar-refractivity contribution < 1.29 is 27.0 Å². The summed E-state index contributed by atoms with van der Waals surface area (Å²) in [7, 11) is -1.97. The maximum Gasteiger partial charge on any atom is 0.232 e. The van der Waals surface area contributed by atoms with Gasteiger partial charge in [0.15, 0.2) is 23.1 Å². The van der Waals surface area contributed by atoms with Crippen LogP contribution in [0, 0.1) is 11.7 Å². The molecule has 1 atom stereocenters. The molecular formula is C29H38FN3O5S. The minimum atomic E-state index is -3.54. The summed E-state index contributed by atoms with van der Waals surface area (Å²) in [6.07, 6.45) is 6.33. The minimum absolute atomic E-state index is 0.0162. The SMILES string of the molecule is CCCCS(=O)(=O)Nc1ccc(Oc2ccnc3cc(OCCCN4CCCC(C)C4)c(OC)cc23)c(F)c1.